The summed E-state index contributed by atoms with van der Waals surface area (Å²) in [6.07, 6.45) is 0. The normalized spacial score (nSPS) is 9.19. The van der Waals surface area contributed by atoms with Gasteiger partial charge in [0, 0.05) is 0 Å². The maximum Gasteiger partial charge on any atom is 0.123 e. The van der Waals surface area contributed by atoms with E-state index in [1.54, 1.807) is 18.2 Å². The molecule has 0 bridgehead atoms. The largest absolute Gasteiger partial charge is 0.207 e. The first-order valence-corrected chi connectivity index (χ1v) is 5.31. The zero-order valence-electron chi connectivity index (χ0n) is 9.71. The smallest absolute Gasteiger partial charge is 0.123 e. The third-order valence-electron chi connectivity index (χ3n) is 2.25. The number of rotatable bonds is 0. The standard InChI is InChI=1S/C12H8FN.C2H6/c1-8-4-9(7-14)5-10-6-11(13)2-3-12(8)10;1-2/h2-6H,1H3;1-2H3. The van der Waals surface area contributed by atoms with Crippen LogP contribution in [0.25, 0.3) is 10.8 Å². The molecule has 82 valence electrons. The van der Waals surface area contributed by atoms with Gasteiger partial charge < -0.3 is 0 Å². The van der Waals surface area contributed by atoms with Gasteiger partial charge in [-0.05, 0) is 47.5 Å². The lowest BCUT2D eigenvalue weighted by molar-refractivity contribution is 0.629. The minimum atomic E-state index is -0.271. The van der Waals surface area contributed by atoms with Gasteiger partial charge >= 0.3 is 0 Å². The van der Waals surface area contributed by atoms with E-state index in [-0.39, 0.29) is 5.82 Å². The van der Waals surface area contributed by atoms with Crippen LogP contribution in [0.4, 0.5) is 4.39 Å². The van der Waals surface area contributed by atoms with Gasteiger partial charge in [0.05, 0.1) is 11.6 Å². The first kappa shape index (κ1) is 12.2. The van der Waals surface area contributed by atoms with Crippen molar-refractivity contribution in [2.45, 2.75) is 20.8 Å². The number of halogens is 1. The molecule has 0 unspecified atom stereocenters. The van der Waals surface area contributed by atoms with Gasteiger partial charge in [-0.15, -0.1) is 0 Å². The fraction of sp³-hybridized carbons (Fsp3) is 0.214. The maximum atomic E-state index is 12.9. The van der Waals surface area contributed by atoms with Gasteiger partial charge in [0.1, 0.15) is 5.82 Å². The molecule has 0 saturated carbocycles. The average Bonchev–Trinajstić information content (AvgIpc) is 2.30. The average molecular weight is 215 g/mol. The number of benzene rings is 2. The maximum absolute atomic E-state index is 12.9. The van der Waals surface area contributed by atoms with Crippen molar-refractivity contribution < 1.29 is 4.39 Å². The van der Waals surface area contributed by atoms with E-state index in [0.717, 1.165) is 16.3 Å². The second kappa shape index (κ2) is 5.27. The van der Waals surface area contributed by atoms with E-state index in [1.807, 2.05) is 20.8 Å². The van der Waals surface area contributed by atoms with E-state index in [4.69, 9.17) is 5.26 Å². The Kier molecular flexibility index (Phi) is 4.02. The first-order chi connectivity index (χ1) is 7.70. The molecule has 0 aromatic heterocycles. The zero-order valence-corrected chi connectivity index (χ0v) is 9.71. The quantitative estimate of drug-likeness (QED) is 0.646. The van der Waals surface area contributed by atoms with E-state index >= 15 is 0 Å². The highest BCUT2D eigenvalue weighted by Gasteiger charge is 2.01. The molecule has 0 fully saturated rings. The molecule has 0 N–H and O–H groups in total. The summed E-state index contributed by atoms with van der Waals surface area (Å²) in [5.41, 5.74) is 1.57. The number of aryl methyl sites for hydroxylation is 1. The summed E-state index contributed by atoms with van der Waals surface area (Å²) in [4.78, 5) is 0. The summed E-state index contributed by atoms with van der Waals surface area (Å²) in [5, 5.41) is 10.5. The van der Waals surface area contributed by atoms with E-state index in [9.17, 15) is 4.39 Å². The molecule has 16 heavy (non-hydrogen) atoms. The highest BCUT2D eigenvalue weighted by Crippen LogP contribution is 2.21. The van der Waals surface area contributed by atoms with Gasteiger partial charge in [-0.3, -0.25) is 0 Å². The van der Waals surface area contributed by atoms with E-state index in [2.05, 4.69) is 6.07 Å². The molecule has 2 aromatic rings. The third-order valence-corrected chi connectivity index (χ3v) is 2.25. The summed E-state index contributed by atoms with van der Waals surface area (Å²) in [7, 11) is 0. The van der Waals surface area contributed by atoms with Crippen molar-refractivity contribution in [1.82, 2.24) is 0 Å². The Morgan fingerprint density at radius 1 is 1.12 bits per heavy atom. The van der Waals surface area contributed by atoms with Gasteiger partial charge in [-0.2, -0.15) is 5.26 Å². The van der Waals surface area contributed by atoms with E-state index < -0.39 is 0 Å². The number of hydrogen-bond acceptors (Lipinski definition) is 1. The fourth-order valence-corrected chi connectivity index (χ4v) is 1.60. The van der Waals surface area contributed by atoms with Crippen LogP contribution in [0.2, 0.25) is 0 Å². The lowest BCUT2D eigenvalue weighted by Gasteiger charge is -2.02. The molecule has 0 heterocycles. The Labute approximate surface area is 95.1 Å². The molecule has 0 saturated heterocycles. The Bertz CT molecular complexity index is 538. The monoisotopic (exact) mass is 215 g/mol. The lowest BCUT2D eigenvalue weighted by atomic mass is 10.0. The molecule has 0 amide bonds. The van der Waals surface area contributed by atoms with E-state index in [1.165, 1.54) is 12.1 Å². The molecule has 0 radical (unpaired) electrons. The Hall–Kier alpha value is -1.88. The summed E-state index contributed by atoms with van der Waals surface area (Å²) in [6, 6.07) is 10.2. The molecule has 2 aromatic carbocycles. The Morgan fingerprint density at radius 3 is 2.44 bits per heavy atom. The fourth-order valence-electron chi connectivity index (χ4n) is 1.60. The van der Waals surface area contributed by atoms with Crippen molar-refractivity contribution in [3.8, 4) is 6.07 Å². The van der Waals surface area contributed by atoms with Crippen LogP contribution in [0.15, 0.2) is 30.3 Å². The molecule has 0 aliphatic heterocycles. The topological polar surface area (TPSA) is 23.8 Å². The van der Waals surface area contributed by atoms with Gasteiger partial charge in [-0.25, -0.2) is 4.39 Å². The lowest BCUT2D eigenvalue weighted by Crippen LogP contribution is -1.83. The van der Waals surface area contributed by atoms with Crippen molar-refractivity contribution in [2.24, 2.45) is 0 Å². The highest BCUT2D eigenvalue weighted by atomic mass is 19.1. The second-order valence-corrected chi connectivity index (χ2v) is 3.27. The Balaban J connectivity index is 0.000000606. The van der Waals surface area contributed by atoms with Gasteiger partial charge in [-0.1, -0.05) is 19.9 Å². The predicted octanol–water partition coefficient (Wildman–Crippen LogP) is 4.19. The van der Waals surface area contributed by atoms with Crippen LogP contribution in [-0.4, -0.2) is 0 Å². The van der Waals surface area contributed by atoms with Crippen LogP contribution in [0.5, 0.6) is 0 Å². The molecule has 0 aliphatic rings. The second-order valence-electron chi connectivity index (χ2n) is 3.27. The summed E-state index contributed by atoms with van der Waals surface area (Å²) >= 11 is 0. The van der Waals surface area contributed by atoms with Crippen molar-refractivity contribution in [3.05, 3.63) is 47.3 Å². The molecule has 0 atom stereocenters. The number of nitriles is 1. The van der Waals surface area contributed by atoms with Gasteiger partial charge in [0.25, 0.3) is 0 Å². The summed E-state index contributed by atoms with van der Waals surface area (Å²) in [6.45, 7) is 5.92. The van der Waals surface area contributed by atoms with Crippen LogP contribution in [-0.2, 0) is 0 Å². The Morgan fingerprint density at radius 2 is 1.81 bits per heavy atom. The number of hydrogen-bond donors (Lipinski definition) is 0. The first-order valence-electron chi connectivity index (χ1n) is 5.31. The minimum absolute atomic E-state index is 0.271. The van der Waals surface area contributed by atoms with Crippen LogP contribution in [0.1, 0.15) is 25.0 Å². The van der Waals surface area contributed by atoms with Crippen LogP contribution in [0, 0.1) is 24.1 Å². The van der Waals surface area contributed by atoms with E-state index in [0.29, 0.717) is 5.56 Å². The van der Waals surface area contributed by atoms with Crippen molar-refractivity contribution >= 4 is 10.8 Å². The molecular formula is C14H14FN. The van der Waals surface area contributed by atoms with Crippen molar-refractivity contribution in [3.63, 3.8) is 0 Å². The predicted molar refractivity (Wildman–Crippen MR) is 64.7 cm³/mol. The summed E-state index contributed by atoms with van der Waals surface area (Å²) in [5.74, 6) is -0.271. The third kappa shape index (κ3) is 2.38. The summed E-state index contributed by atoms with van der Waals surface area (Å²) < 4.78 is 12.9. The molecule has 0 spiro atoms. The van der Waals surface area contributed by atoms with Gasteiger partial charge in [0.2, 0.25) is 0 Å². The number of fused-ring (bicyclic) bond motifs is 1. The zero-order chi connectivity index (χ0) is 12.1. The highest BCUT2D eigenvalue weighted by molar-refractivity contribution is 5.86. The van der Waals surface area contributed by atoms with Gasteiger partial charge in [0.15, 0.2) is 0 Å². The van der Waals surface area contributed by atoms with Crippen molar-refractivity contribution in [1.29, 1.82) is 5.26 Å². The molecule has 1 nitrogen and oxygen atoms in total. The van der Waals surface area contributed by atoms with Crippen LogP contribution in [0.3, 0.4) is 0 Å². The molecule has 2 heteroatoms. The van der Waals surface area contributed by atoms with Crippen LogP contribution >= 0.6 is 0 Å². The minimum Gasteiger partial charge on any atom is -0.207 e. The molecule has 0 aliphatic carbocycles. The van der Waals surface area contributed by atoms with Crippen LogP contribution < -0.4 is 0 Å². The number of nitrogens with zero attached hydrogens (tertiary/aromatic N) is 1. The van der Waals surface area contributed by atoms with Crippen molar-refractivity contribution in [2.75, 3.05) is 0 Å². The molecular weight excluding hydrogens is 201 g/mol. The molecule has 2 rings (SSSR count). The SMILES string of the molecule is CC.Cc1cc(C#N)cc2cc(F)ccc12.